The lowest BCUT2D eigenvalue weighted by Crippen LogP contribution is -2.21. The highest BCUT2D eigenvalue weighted by Gasteiger charge is 2.30. The van der Waals surface area contributed by atoms with Crippen LogP contribution in [0.3, 0.4) is 0 Å². The number of benzene rings is 2. The van der Waals surface area contributed by atoms with Crippen LogP contribution in [-0.4, -0.2) is 37.4 Å². The van der Waals surface area contributed by atoms with Crippen molar-refractivity contribution >= 4 is 27.8 Å². The number of non-ortho nitro benzene ring substituents is 1. The Morgan fingerprint density at radius 3 is 2.71 bits per heavy atom. The van der Waals surface area contributed by atoms with E-state index in [1.54, 1.807) is 37.4 Å². The van der Waals surface area contributed by atoms with Crippen molar-refractivity contribution in [1.29, 1.82) is 0 Å². The summed E-state index contributed by atoms with van der Waals surface area (Å²) in [6.07, 6.45) is 1.41. The maximum atomic E-state index is 12.0. The third kappa shape index (κ3) is 2.88. The number of hydrogen-bond donors (Lipinski definition) is 0. The minimum Gasteiger partial charge on any atom is -0.258 e. The Kier molecular flexibility index (Phi) is 3.86. The molecule has 1 aliphatic rings. The molecule has 0 N–H and O–H groups in total. The van der Waals surface area contributed by atoms with Gasteiger partial charge in [0.2, 0.25) is 0 Å². The molecule has 0 bridgehead atoms. The smallest absolute Gasteiger partial charge is 0.258 e. The van der Waals surface area contributed by atoms with Crippen LogP contribution in [-0.2, 0) is 10.0 Å². The monoisotopic (exact) mass is 344 g/mol. The van der Waals surface area contributed by atoms with E-state index in [4.69, 9.17) is 0 Å². The van der Waals surface area contributed by atoms with Gasteiger partial charge in [-0.25, -0.2) is 5.01 Å². The van der Waals surface area contributed by atoms with Gasteiger partial charge in [-0.15, -0.1) is 4.40 Å². The molecule has 122 valence electrons. The van der Waals surface area contributed by atoms with Gasteiger partial charge in [-0.05, 0) is 12.1 Å². The van der Waals surface area contributed by atoms with Crippen LogP contribution in [0.1, 0.15) is 11.1 Å². The number of nitrogens with zero attached hydrogens (tertiary/aromatic N) is 4. The zero-order valence-corrected chi connectivity index (χ0v) is 13.3. The fourth-order valence-electron chi connectivity index (χ4n) is 2.25. The lowest BCUT2D eigenvalue weighted by atomic mass is 10.2. The Morgan fingerprint density at radius 1 is 1.21 bits per heavy atom. The summed E-state index contributed by atoms with van der Waals surface area (Å²) in [7, 11) is -2.16. The van der Waals surface area contributed by atoms with Crippen molar-refractivity contribution in [3.63, 3.8) is 0 Å². The second-order valence-corrected chi connectivity index (χ2v) is 6.58. The molecule has 0 fully saturated rings. The van der Waals surface area contributed by atoms with Crippen LogP contribution < -0.4 is 0 Å². The van der Waals surface area contributed by atoms with Crippen molar-refractivity contribution in [2.75, 3.05) is 7.05 Å². The average molecular weight is 344 g/mol. The van der Waals surface area contributed by atoms with E-state index in [9.17, 15) is 18.5 Å². The molecule has 3 rings (SSSR count). The van der Waals surface area contributed by atoms with E-state index in [0.717, 1.165) is 0 Å². The van der Waals surface area contributed by atoms with Crippen LogP contribution in [0.4, 0.5) is 5.69 Å². The molecule has 0 atom stereocenters. The van der Waals surface area contributed by atoms with Crippen molar-refractivity contribution in [3.8, 4) is 0 Å². The number of hydrazone groups is 1. The summed E-state index contributed by atoms with van der Waals surface area (Å²) in [4.78, 5) is 10.4. The molecule has 8 nitrogen and oxygen atoms in total. The number of fused-ring (bicyclic) bond motifs is 1. The molecule has 0 saturated heterocycles. The number of nitro groups is 1. The summed E-state index contributed by atoms with van der Waals surface area (Å²) in [6.45, 7) is 0. The van der Waals surface area contributed by atoms with Gasteiger partial charge < -0.3 is 0 Å². The number of amidine groups is 1. The summed E-state index contributed by atoms with van der Waals surface area (Å²) in [5.41, 5.74) is 0.940. The molecule has 0 aromatic heterocycles. The van der Waals surface area contributed by atoms with Crippen LogP contribution in [0.15, 0.2) is 62.9 Å². The molecule has 0 spiro atoms. The first kappa shape index (κ1) is 15.8. The minimum absolute atomic E-state index is 0.0484. The van der Waals surface area contributed by atoms with Gasteiger partial charge in [0.05, 0.1) is 11.1 Å². The van der Waals surface area contributed by atoms with E-state index in [2.05, 4.69) is 9.50 Å². The maximum Gasteiger partial charge on any atom is 0.285 e. The summed E-state index contributed by atoms with van der Waals surface area (Å²) >= 11 is 0. The van der Waals surface area contributed by atoms with Crippen LogP contribution in [0.5, 0.6) is 0 Å². The summed E-state index contributed by atoms with van der Waals surface area (Å²) in [6, 6.07) is 12.4. The molecule has 0 aliphatic carbocycles. The molecule has 9 heteroatoms. The molecule has 0 radical (unpaired) electrons. The Bertz CT molecular complexity index is 982. The van der Waals surface area contributed by atoms with Gasteiger partial charge in [-0.3, -0.25) is 10.1 Å². The molecule has 0 saturated carbocycles. The third-order valence-corrected chi connectivity index (χ3v) is 4.71. The lowest BCUT2D eigenvalue weighted by Gasteiger charge is -2.12. The van der Waals surface area contributed by atoms with Gasteiger partial charge in [-0.1, -0.05) is 24.3 Å². The highest BCUT2D eigenvalue weighted by atomic mass is 32.2. The summed E-state index contributed by atoms with van der Waals surface area (Å²) in [5.74, 6) is 0.201. The van der Waals surface area contributed by atoms with Gasteiger partial charge in [0, 0.05) is 30.3 Å². The quantitative estimate of drug-likeness (QED) is 0.481. The Hall–Kier alpha value is -3.07. The number of nitro benzene ring substituents is 1. The first-order valence-corrected chi connectivity index (χ1v) is 8.29. The number of rotatable bonds is 3. The predicted molar refractivity (Wildman–Crippen MR) is 88.6 cm³/mol. The van der Waals surface area contributed by atoms with Gasteiger partial charge in [0.15, 0.2) is 5.84 Å². The van der Waals surface area contributed by atoms with Gasteiger partial charge >= 0.3 is 0 Å². The average Bonchev–Trinajstić information content (AvgIpc) is 2.85. The third-order valence-electron chi connectivity index (χ3n) is 3.38. The second-order valence-electron chi connectivity index (χ2n) is 5.01. The SMILES string of the molecule is CN(N=Cc1cccc([N+](=O)[O-])c1)C1=NS(=O)(=O)c2ccccc21. The van der Waals surface area contributed by atoms with E-state index in [1.807, 2.05) is 0 Å². The molecule has 0 unspecified atom stereocenters. The number of sulfonamides is 1. The number of hydrogen-bond acceptors (Lipinski definition) is 6. The molecule has 24 heavy (non-hydrogen) atoms. The molecular formula is C15H12N4O4S. The van der Waals surface area contributed by atoms with Crippen molar-refractivity contribution in [2.24, 2.45) is 9.50 Å². The Labute approximate surface area is 138 Å². The molecule has 1 heterocycles. The fourth-order valence-corrected chi connectivity index (χ4v) is 3.48. The van der Waals surface area contributed by atoms with E-state index in [-0.39, 0.29) is 16.4 Å². The van der Waals surface area contributed by atoms with E-state index in [1.165, 1.54) is 29.4 Å². The molecule has 2 aromatic rings. The van der Waals surface area contributed by atoms with E-state index >= 15 is 0 Å². The highest BCUT2D eigenvalue weighted by molar-refractivity contribution is 7.90. The fraction of sp³-hybridized carbons (Fsp3) is 0.0667. The highest BCUT2D eigenvalue weighted by Crippen LogP contribution is 2.27. The van der Waals surface area contributed by atoms with Crippen LogP contribution >= 0.6 is 0 Å². The van der Waals surface area contributed by atoms with E-state index < -0.39 is 14.9 Å². The largest absolute Gasteiger partial charge is 0.285 e. The molecule has 2 aromatic carbocycles. The Morgan fingerprint density at radius 2 is 1.96 bits per heavy atom. The zero-order valence-electron chi connectivity index (χ0n) is 12.5. The second kappa shape index (κ2) is 5.85. The predicted octanol–water partition coefficient (Wildman–Crippen LogP) is 2.01. The Balaban J connectivity index is 1.90. The van der Waals surface area contributed by atoms with Crippen molar-refractivity contribution < 1.29 is 13.3 Å². The topological polar surface area (TPSA) is 105 Å². The van der Waals surface area contributed by atoms with Crippen molar-refractivity contribution in [2.45, 2.75) is 4.90 Å². The first-order chi connectivity index (χ1) is 11.4. The maximum absolute atomic E-state index is 12.0. The first-order valence-electron chi connectivity index (χ1n) is 6.85. The van der Waals surface area contributed by atoms with Gasteiger partial charge in [0.25, 0.3) is 15.7 Å². The van der Waals surface area contributed by atoms with Crippen molar-refractivity contribution in [1.82, 2.24) is 5.01 Å². The standard InChI is InChI=1S/C15H12N4O4S/c1-18(16-10-11-5-4-6-12(9-11)19(20)21)15-13-7-2-3-8-14(13)24(22,23)17-15/h2-10H,1H3. The van der Waals surface area contributed by atoms with Crippen molar-refractivity contribution in [3.05, 3.63) is 69.8 Å². The van der Waals surface area contributed by atoms with Crippen LogP contribution in [0, 0.1) is 10.1 Å². The van der Waals surface area contributed by atoms with Crippen LogP contribution in [0.2, 0.25) is 0 Å². The molecular weight excluding hydrogens is 332 g/mol. The summed E-state index contributed by atoms with van der Waals surface area (Å²) in [5, 5.41) is 16.2. The summed E-state index contributed by atoms with van der Waals surface area (Å²) < 4.78 is 27.8. The molecule has 1 aliphatic heterocycles. The zero-order chi connectivity index (χ0) is 17.3. The van der Waals surface area contributed by atoms with E-state index in [0.29, 0.717) is 11.1 Å². The minimum atomic E-state index is -3.72. The van der Waals surface area contributed by atoms with Crippen LogP contribution in [0.25, 0.3) is 0 Å². The molecule has 0 amide bonds. The lowest BCUT2D eigenvalue weighted by molar-refractivity contribution is -0.384. The normalized spacial score (nSPS) is 15.1. The van der Waals surface area contributed by atoms with Gasteiger partial charge in [0.1, 0.15) is 4.90 Å². The van der Waals surface area contributed by atoms with Gasteiger partial charge in [-0.2, -0.15) is 13.5 Å².